The second kappa shape index (κ2) is 8.06. The van der Waals surface area contributed by atoms with Crippen LogP contribution in [0.5, 0.6) is 0 Å². The van der Waals surface area contributed by atoms with E-state index >= 15 is 0 Å². The smallest absolute Gasteiger partial charge is 0.000697 e. The number of fused-ring (bicyclic) bond motifs is 8. The van der Waals surface area contributed by atoms with E-state index < -0.39 is 0 Å². The summed E-state index contributed by atoms with van der Waals surface area (Å²) in [7, 11) is 0. The molecule has 0 aliphatic carbocycles. The Labute approximate surface area is 242 Å². The van der Waals surface area contributed by atoms with Gasteiger partial charge in [-0.05, 0) is 110 Å². The van der Waals surface area contributed by atoms with Crippen LogP contribution in [-0.4, -0.2) is 0 Å². The molecular formula is C42H24. The van der Waals surface area contributed by atoms with E-state index in [0.29, 0.717) is 0 Å². The van der Waals surface area contributed by atoms with Gasteiger partial charge in [0, 0.05) is 0 Å². The first kappa shape index (κ1) is 22.3. The van der Waals surface area contributed by atoms with Crippen molar-refractivity contribution in [2.24, 2.45) is 0 Å². The van der Waals surface area contributed by atoms with Crippen LogP contribution in [0, 0.1) is 0 Å². The maximum atomic E-state index is 2.47. The summed E-state index contributed by atoms with van der Waals surface area (Å²) in [6.45, 7) is 0. The van der Waals surface area contributed by atoms with Gasteiger partial charge in [-0.15, -0.1) is 0 Å². The Kier molecular flexibility index (Phi) is 4.27. The van der Waals surface area contributed by atoms with Crippen molar-refractivity contribution in [1.82, 2.24) is 0 Å². The van der Waals surface area contributed by atoms with Gasteiger partial charge in [0.2, 0.25) is 0 Å². The zero-order valence-electron chi connectivity index (χ0n) is 22.9. The Balaban J connectivity index is 1.54. The van der Waals surface area contributed by atoms with Gasteiger partial charge in [0.25, 0.3) is 0 Å². The maximum absolute atomic E-state index is 2.47. The summed E-state index contributed by atoms with van der Waals surface area (Å²) in [4.78, 5) is 0. The maximum Gasteiger partial charge on any atom is -0.000697 e. The van der Waals surface area contributed by atoms with Gasteiger partial charge in [-0.25, -0.2) is 0 Å². The molecule has 0 fully saturated rings. The van der Waals surface area contributed by atoms with E-state index in [0.717, 1.165) is 0 Å². The zero-order valence-corrected chi connectivity index (χ0v) is 22.9. The van der Waals surface area contributed by atoms with Crippen molar-refractivity contribution < 1.29 is 0 Å². The average Bonchev–Trinajstić information content (AvgIpc) is 3.56. The summed E-state index contributed by atoms with van der Waals surface area (Å²) in [6, 6.07) is 54.1. The van der Waals surface area contributed by atoms with Crippen molar-refractivity contribution >= 4 is 75.4 Å². The highest BCUT2D eigenvalue weighted by molar-refractivity contribution is 6.48. The lowest BCUT2D eigenvalue weighted by atomic mass is 9.88. The summed E-state index contributed by atoms with van der Waals surface area (Å²) >= 11 is 0. The molecule has 0 N–H and O–H groups in total. The molecule has 0 atom stereocenters. The van der Waals surface area contributed by atoms with Crippen LogP contribution in [0.2, 0.25) is 0 Å². The van der Waals surface area contributed by atoms with E-state index in [1.807, 2.05) is 0 Å². The molecule has 0 aliphatic rings. The highest BCUT2D eigenvalue weighted by atomic mass is 14.3. The van der Waals surface area contributed by atoms with Crippen molar-refractivity contribution in [3.63, 3.8) is 0 Å². The molecule has 0 amide bonds. The Morgan fingerprint density at radius 3 is 1.67 bits per heavy atom. The van der Waals surface area contributed by atoms with E-state index in [1.165, 1.54) is 97.7 Å². The number of rotatable bonds is 2. The Hall–Kier alpha value is -5.46. The van der Waals surface area contributed by atoms with Gasteiger partial charge in [0.1, 0.15) is 0 Å². The van der Waals surface area contributed by atoms with E-state index in [1.54, 1.807) is 0 Å². The van der Waals surface area contributed by atoms with Gasteiger partial charge >= 0.3 is 0 Å². The van der Waals surface area contributed by atoms with E-state index in [2.05, 4.69) is 146 Å². The third-order valence-corrected chi connectivity index (χ3v) is 9.50. The van der Waals surface area contributed by atoms with Crippen molar-refractivity contribution in [3.05, 3.63) is 146 Å². The molecule has 42 heavy (non-hydrogen) atoms. The highest BCUT2D eigenvalue weighted by Gasteiger charge is 2.25. The first-order valence-electron chi connectivity index (χ1n) is 14.7. The minimum atomic E-state index is 1.27. The third-order valence-electron chi connectivity index (χ3n) is 9.50. The molecule has 0 saturated carbocycles. The summed E-state index contributed by atoms with van der Waals surface area (Å²) < 4.78 is 0. The lowest BCUT2D eigenvalue weighted by Crippen LogP contribution is -1.87. The molecule has 0 heterocycles. The average molecular weight is 529 g/mol. The fourth-order valence-corrected chi connectivity index (χ4v) is 7.87. The van der Waals surface area contributed by atoms with Gasteiger partial charge in [-0.2, -0.15) is 0 Å². The molecule has 10 rings (SSSR count). The molecule has 0 saturated heterocycles. The summed E-state index contributed by atoms with van der Waals surface area (Å²) in [5.74, 6) is 0. The molecule has 0 heteroatoms. The van der Waals surface area contributed by atoms with Crippen LogP contribution in [-0.2, 0) is 0 Å². The molecule has 10 aromatic carbocycles. The van der Waals surface area contributed by atoms with Crippen LogP contribution < -0.4 is 0 Å². The molecule has 0 radical (unpaired) electrons. The van der Waals surface area contributed by atoms with Crippen molar-refractivity contribution in [3.8, 4) is 22.3 Å². The Bertz CT molecular complexity index is 2650. The summed E-state index contributed by atoms with van der Waals surface area (Å²) in [6.07, 6.45) is 0. The second-order valence-electron chi connectivity index (χ2n) is 11.6. The standard InChI is InChI=1S/C42H24/c1-2-12-27(13-3-1)38-36-24-28(30-20-8-14-25-11-4-5-17-29(25)30)23-35-31-18-6-7-19-32(31)40(39(35)36)42-34-22-10-16-26-15-9-21-33(37(26)34)41(38)42/h1-24H. The second-order valence-corrected chi connectivity index (χ2v) is 11.6. The molecule has 192 valence electrons. The fraction of sp³-hybridized carbons (Fsp3) is 0. The monoisotopic (exact) mass is 528 g/mol. The van der Waals surface area contributed by atoms with Gasteiger partial charge in [0.15, 0.2) is 0 Å². The minimum Gasteiger partial charge on any atom is -0.0622 e. The Morgan fingerprint density at radius 1 is 0.262 bits per heavy atom. The fourth-order valence-electron chi connectivity index (χ4n) is 7.87. The molecule has 0 aromatic heterocycles. The van der Waals surface area contributed by atoms with Gasteiger partial charge in [-0.1, -0.05) is 133 Å². The van der Waals surface area contributed by atoms with Gasteiger partial charge in [0.05, 0.1) is 0 Å². The minimum absolute atomic E-state index is 1.27. The van der Waals surface area contributed by atoms with Crippen molar-refractivity contribution in [2.45, 2.75) is 0 Å². The quantitative estimate of drug-likeness (QED) is 0.209. The predicted molar refractivity (Wildman–Crippen MR) is 182 cm³/mol. The SMILES string of the molecule is c1ccc(-c2c3cc(-c4cccc5ccccc45)cc4c5ccccc5c(c34)c3c4cccc5cccc(c23)c54)cc1. The first-order chi connectivity index (χ1) is 20.9. The molecule has 0 bridgehead atoms. The van der Waals surface area contributed by atoms with Crippen molar-refractivity contribution in [2.75, 3.05) is 0 Å². The largest absolute Gasteiger partial charge is 0.0622 e. The van der Waals surface area contributed by atoms with Crippen molar-refractivity contribution in [1.29, 1.82) is 0 Å². The van der Waals surface area contributed by atoms with E-state index in [4.69, 9.17) is 0 Å². The van der Waals surface area contributed by atoms with Crippen LogP contribution in [0.4, 0.5) is 0 Å². The lowest BCUT2D eigenvalue weighted by Gasteiger charge is -2.15. The molecular weight excluding hydrogens is 504 g/mol. The van der Waals surface area contributed by atoms with E-state index in [-0.39, 0.29) is 0 Å². The van der Waals surface area contributed by atoms with Crippen LogP contribution >= 0.6 is 0 Å². The van der Waals surface area contributed by atoms with Gasteiger partial charge < -0.3 is 0 Å². The third kappa shape index (κ3) is 2.77. The molecule has 0 unspecified atom stereocenters. The summed E-state index contributed by atoms with van der Waals surface area (Å²) in [5, 5.41) is 18.8. The topological polar surface area (TPSA) is 0 Å². The molecule has 0 aliphatic heterocycles. The van der Waals surface area contributed by atoms with E-state index in [9.17, 15) is 0 Å². The molecule has 0 spiro atoms. The highest BCUT2D eigenvalue weighted by Crippen LogP contribution is 2.53. The number of hydrogen-bond donors (Lipinski definition) is 0. The van der Waals surface area contributed by atoms with Crippen LogP contribution in [0.15, 0.2) is 146 Å². The Morgan fingerprint density at radius 2 is 0.833 bits per heavy atom. The normalized spacial score (nSPS) is 12.3. The predicted octanol–water partition coefficient (Wildman–Crippen LogP) is 12.0. The first-order valence-corrected chi connectivity index (χ1v) is 14.7. The zero-order chi connectivity index (χ0) is 27.4. The van der Waals surface area contributed by atoms with Crippen LogP contribution in [0.25, 0.3) is 97.7 Å². The van der Waals surface area contributed by atoms with Crippen LogP contribution in [0.3, 0.4) is 0 Å². The molecule has 0 nitrogen and oxygen atoms in total. The summed E-state index contributed by atoms with van der Waals surface area (Å²) in [5.41, 5.74) is 5.15. The lowest BCUT2D eigenvalue weighted by molar-refractivity contribution is 1.68. The number of hydrogen-bond acceptors (Lipinski definition) is 0. The van der Waals surface area contributed by atoms with Gasteiger partial charge in [-0.3, -0.25) is 0 Å². The molecule has 10 aromatic rings. The number of benzene rings is 8. The van der Waals surface area contributed by atoms with Crippen LogP contribution in [0.1, 0.15) is 0 Å².